The molecule has 0 radical (unpaired) electrons. The molecule has 0 saturated heterocycles. The number of benzene rings is 5. The second-order valence-electron chi connectivity index (χ2n) is 9.00. The van der Waals surface area contributed by atoms with E-state index in [2.05, 4.69) is 160 Å². The summed E-state index contributed by atoms with van der Waals surface area (Å²) in [5, 5.41) is 0. The van der Waals surface area contributed by atoms with E-state index in [9.17, 15) is 0 Å². The van der Waals surface area contributed by atoms with Crippen LogP contribution in [0, 0.1) is 6.92 Å². The molecule has 0 fully saturated rings. The number of hydrogen-bond donors (Lipinski definition) is 0. The molecule has 0 heterocycles. The zero-order chi connectivity index (χ0) is 24.5. The van der Waals surface area contributed by atoms with Gasteiger partial charge in [-0.2, -0.15) is 0 Å². The van der Waals surface area contributed by atoms with Crippen LogP contribution in [-0.4, -0.2) is 0 Å². The Morgan fingerprint density at radius 1 is 0.400 bits per heavy atom. The van der Waals surface area contributed by atoms with Gasteiger partial charge in [-0.25, -0.2) is 0 Å². The first-order chi connectivity index (χ1) is 17.2. The molecule has 0 bridgehead atoms. The molecule has 5 rings (SSSR count). The summed E-state index contributed by atoms with van der Waals surface area (Å²) in [6, 6.07) is 50.4. The summed E-state index contributed by atoms with van der Waals surface area (Å²) in [5.74, 6) is 0. The maximum atomic E-state index is 2.29. The van der Waals surface area contributed by atoms with Crippen molar-refractivity contribution in [2.24, 2.45) is 0 Å². The average molecular weight is 455 g/mol. The van der Waals surface area contributed by atoms with Crippen molar-refractivity contribution in [3.05, 3.63) is 167 Å². The summed E-state index contributed by atoms with van der Waals surface area (Å²) in [6.45, 7) is 6.39. The molecule has 0 heteroatoms. The van der Waals surface area contributed by atoms with Crippen LogP contribution in [0.4, 0.5) is 0 Å². The molecule has 0 spiro atoms. The Morgan fingerprint density at radius 2 is 0.714 bits per heavy atom. The van der Waals surface area contributed by atoms with Gasteiger partial charge in [0.15, 0.2) is 0 Å². The molecule has 0 unspecified atom stereocenters. The number of rotatable bonds is 5. The van der Waals surface area contributed by atoms with Crippen LogP contribution in [0.5, 0.6) is 0 Å². The van der Waals surface area contributed by atoms with Gasteiger partial charge in [-0.1, -0.05) is 165 Å². The second kappa shape index (κ2) is 11.5. The van der Waals surface area contributed by atoms with Gasteiger partial charge in [0.25, 0.3) is 0 Å². The van der Waals surface area contributed by atoms with E-state index in [1.165, 1.54) is 45.4 Å². The molecular weight excluding hydrogens is 420 g/mol. The van der Waals surface area contributed by atoms with Gasteiger partial charge < -0.3 is 0 Å². The van der Waals surface area contributed by atoms with Crippen molar-refractivity contribution in [1.82, 2.24) is 0 Å². The highest BCUT2D eigenvalue weighted by Gasteiger charge is 2.38. The van der Waals surface area contributed by atoms with Gasteiger partial charge in [-0.05, 0) is 40.3 Å². The normalized spacial score (nSPS) is 10.8. The van der Waals surface area contributed by atoms with Gasteiger partial charge >= 0.3 is 0 Å². The Kier molecular flexibility index (Phi) is 7.95. The summed E-state index contributed by atoms with van der Waals surface area (Å²) in [7, 11) is 0. The van der Waals surface area contributed by atoms with Gasteiger partial charge in [0.2, 0.25) is 0 Å². The molecule has 0 aromatic heterocycles. The molecule has 0 aliphatic heterocycles. The van der Waals surface area contributed by atoms with E-state index in [1.807, 2.05) is 0 Å². The SMILES string of the molecule is CCC.Cc1ccc(C(c2ccccc2)(c2ccccc2)c2ccc(-c3ccccc3)cc2)cc1. The van der Waals surface area contributed by atoms with Crippen LogP contribution in [0.1, 0.15) is 48.1 Å². The largest absolute Gasteiger partial charge is 0.0701 e. The zero-order valence-electron chi connectivity index (χ0n) is 21.0. The van der Waals surface area contributed by atoms with Crippen molar-refractivity contribution in [2.45, 2.75) is 32.6 Å². The fraction of sp³-hybridized carbons (Fsp3) is 0.143. The van der Waals surface area contributed by atoms with Crippen molar-refractivity contribution >= 4 is 0 Å². The van der Waals surface area contributed by atoms with Gasteiger partial charge in [0.1, 0.15) is 0 Å². The topological polar surface area (TPSA) is 0 Å². The van der Waals surface area contributed by atoms with Crippen molar-refractivity contribution in [2.75, 3.05) is 0 Å². The lowest BCUT2D eigenvalue weighted by Gasteiger charge is -2.37. The standard InChI is InChI=1S/C32H26.C3H8/c1-25-17-21-30(22-18-25)32(28-13-7-3-8-14-28,29-15-9-4-10-16-29)31-23-19-27(20-24-31)26-11-5-2-6-12-26;1-3-2/h2-24H,1H3;3H2,1-2H3. The third kappa shape index (κ3) is 5.12. The molecule has 0 nitrogen and oxygen atoms in total. The first-order valence-corrected chi connectivity index (χ1v) is 12.5. The van der Waals surface area contributed by atoms with Gasteiger partial charge in [-0.15, -0.1) is 0 Å². The molecule has 0 saturated carbocycles. The van der Waals surface area contributed by atoms with E-state index in [0.717, 1.165) is 0 Å². The van der Waals surface area contributed by atoms with Crippen molar-refractivity contribution in [1.29, 1.82) is 0 Å². The van der Waals surface area contributed by atoms with Crippen LogP contribution in [0.3, 0.4) is 0 Å². The molecule has 5 aromatic carbocycles. The van der Waals surface area contributed by atoms with Crippen molar-refractivity contribution in [3.63, 3.8) is 0 Å². The summed E-state index contributed by atoms with van der Waals surface area (Å²) >= 11 is 0. The third-order valence-electron chi connectivity index (χ3n) is 6.32. The smallest absolute Gasteiger partial charge is 0.0656 e. The Balaban J connectivity index is 0.000000917. The number of aryl methyl sites for hydroxylation is 1. The predicted molar refractivity (Wildman–Crippen MR) is 151 cm³/mol. The fourth-order valence-corrected chi connectivity index (χ4v) is 4.72. The zero-order valence-corrected chi connectivity index (χ0v) is 21.0. The lowest BCUT2D eigenvalue weighted by Crippen LogP contribution is -2.31. The Morgan fingerprint density at radius 3 is 1.14 bits per heavy atom. The molecule has 0 N–H and O–H groups in total. The minimum atomic E-state index is -0.397. The fourth-order valence-electron chi connectivity index (χ4n) is 4.72. The first-order valence-electron chi connectivity index (χ1n) is 12.5. The maximum Gasteiger partial charge on any atom is 0.0701 e. The monoisotopic (exact) mass is 454 g/mol. The second-order valence-corrected chi connectivity index (χ2v) is 9.00. The van der Waals surface area contributed by atoms with Crippen LogP contribution in [-0.2, 0) is 5.41 Å². The summed E-state index contributed by atoms with van der Waals surface area (Å²) in [4.78, 5) is 0. The van der Waals surface area contributed by atoms with Crippen LogP contribution in [0.15, 0.2) is 140 Å². The molecule has 0 aliphatic carbocycles. The number of hydrogen-bond acceptors (Lipinski definition) is 0. The minimum absolute atomic E-state index is 0.397. The summed E-state index contributed by atoms with van der Waals surface area (Å²) < 4.78 is 0. The van der Waals surface area contributed by atoms with E-state index in [0.29, 0.717) is 0 Å². The van der Waals surface area contributed by atoms with Crippen LogP contribution in [0.2, 0.25) is 0 Å². The molecule has 5 aromatic rings. The van der Waals surface area contributed by atoms with Crippen molar-refractivity contribution in [3.8, 4) is 11.1 Å². The molecular formula is C35H34. The molecule has 174 valence electrons. The maximum absolute atomic E-state index is 2.29. The third-order valence-corrected chi connectivity index (χ3v) is 6.32. The highest BCUT2D eigenvalue weighted by atomic mass is 14.4. The van der Waals surface area contributed by atoms with Gasteiger partial charge in [0.05, 0.1) is 5.41 Å². The quantitative estimate of drug-likeness (QED) is 0.232. The average Bonchev–Trinajstić information content (AvgIpc) is 2.93. The van der Waals surface area contributed by atoms with Crippen LogP contribution in [0.25, 0.3) is 11.1 Å². The Labute approximate surface area is 210 Å². The first kappa shape index (κ1) is 24.2. The van der Waals surface area contributed by atoms with Crippen LogP contribution >= 0.6 is 0 Å². The van der Waals surface area contributed by atoms with Crippen molar-refractivity contribution < 1.29 is 0 Å². The highest BCUT2D eigenvalue weighted by Crippen LogP contribution is 2.45. The lowest BCUT2D eigenvalue weighted by molar-refractivity contribution is 0.745. The van der Waals surface area contributed by atoms with E-state index in [4.69, 9.17) is 0 Å². The van der Waals surface area contributed by atoms with E-state index >= 15 is 0 Å². The molecule has 0 atom stereocenters. The minimum Gasteiger partial charge on any atom is -0.0656 e. The van der Waals surface area contributed by atoms with Gasteiger partial charge in [-0.3, -0.25) is 0 Å². The summed E-state index contributed by atoms with van der Waals surface area (Å²) in [5.41, 5.74) is 8.40. The van der Waals surface area contributed by atoms with E-state index in [1.54, 1.807) is 0 Å². The predicted octanol–water partition coefficient (Wildman–Crippen LogP) is 9.46. The highest BCUT2D eigenvalue weighted by molar-refractivity contribution is 5.66. The lowest BCUT2D eigenvalue weighted by atomic mass is 9.65. The molecule has 0 aliphatic rings. The Bertz CT molecular complexity index is 1240. The van der Waals surface area contributed by atoms with E-state index in [-0.39, 0.29) is 0 Å². The van der Waals surface area contributed by atoms with Gasteiger partial charge in [0, 0.05) is 0 Å². The molecule has 35 heavy (non-hydrogen) atoms. The molecule has 0 amide bonds. The summed E-state index contributed by atoms with van der Waals surface area (Å²) in [6.07, 6.45) is 1.25. The van der Waals surface area contributed by atoms with E-state index < -0.39 is 5.41 Å². The van der Waals surface area contributed by atoms with Crippen LogP contribution < -0.4 is 0 Å². The Hall–Kier alpha value is -3.90.